The highest BCUT2D eigenvalue weighted by Crippen LogP contribution is 2.29. The highest BCUT2D eigenvalue weighted by atomic mass is 79.9. The molecule has 2 unspecified atom stereocenters. The highest BCUT2D eigenvalue weighted by molar-refractivity contribution is 9.10. The lowest BCUT2D eigenvalue weighted by atomic mass is 10.1. The van der Waals surface area contributed by atoms with Crippen molar-refractivity contribution < 1.29 is 0 Å². The number of alkyl halides is 1. The van der Waals surface area contributed by atoms with Crippen LogP contribution in [0.1, 0.15) is 24.8 Å². The number of hydrogen-bond donors (Lipinski definition) is 1. The molecule has 2 atom stereocenters. The molecule has 16 heavy (non-hydrogen) atoms. The summed E-state index contributed by atoms with van der Waals surface area (Å²) in [7, 11) is 0. The summed E-state index contributed by atoms with van der Waals surface area (Å²) in [4.78, 5) is 0. The van der Waals surface area contributed by atoms with E-state index in [4.69, 9.17) is 11.6 Å². The molecular weight excluding hydrogens is 286 g/mol. The van der Waals surface area contributed by atoms with Gasteiger partial charge in [-0.2, -0.15) is 0 Å². The van der Waals surface area contributed by atoms with Crippen molar-refractivity contribution in [1.82, 2.24) is 5.32 Å². The lowest BCUT2D eigenvalue weighted by molar-refractivity contribution is 0.494. The molecule has 0 heterocycles. The summed E-state index contributed by atoms with van der Waals surface area (Å²) in [6.07, 6.45) is 3.75. The normalized spacial score (nSPS) is 24.9. The lowest BCUT2D eigenvalue weighted by Crippen LogP contribution is -2.25. The maximum absolute atomic E-state index is 6.24. The van der Waals surface area contributed by atoms with Crippen molar-refractivity contribution in [2.24, 2.45) is 5.92 Å². The van der Waals surface area contributed by atoms with E-state index >= 15 is 0 Å². The Kier molecular flexibility index (Phi) is 4.68. The minimum absolute atomic E-state index is 0.384. The van der Waals surface area contributed by atoms with Crippen LogP contribution in [-0.4, -0.2) is 11.9 Å². The second-order valence-corrected chi connectivity index (χ2v) is 5.94. The van der Waals surface area contributed by atoms with Gasteiger partial charge < -0.3 is 5.32 Å². The van der Waals surface area contributed by atoms with Crippen molar-refractivity contribution in [3.05, 3.63) is 34.3 Å². The Balaban J connectivity index is 1.75. The van der Waals surface area contributed by atoms with Gasteiger partial charge in [-0.15, -0.1) is 11.6 Å². The van der Waals surface area contributed by atoms with Crippen molar-refractivity contribution in [3.8, 4) is 0 Å². The fraction of sp³-hybridized carbons (Fsp3) is 0.538. The van der Waals surface area contributed by atoms with Gasteiger partial charge in [0.1, 0.15) is 0 Å². The van der Waals surface area contributed by atoms with Gasteiger partial charge in [0.25, 0.3) is 0 Å². The van der Waals surface area contributed by atoms with Crippen LogP contribution >= 0.6 is 27.5 Å². The number of hydrogen-bond acceptors (Lipinski definition) is 1. The Labute approximate surface area is 111 Å². The van der Waals surface area contributed by atoms with Gasteiger partial charge in [-0.05, 0) is 43.0 Å². The maximum atomic E-state index is 6.24. The van der Waals surface area contributed by atoms with Crippen LogP contribution in [0, 0.1) is 5.92 Å². The van der Waals surface area contributed by atoms with Crippen LogP contribution in [0.25, 0.3) is 0 Å². The number of rotatable bonds is 4. The quantitative estimate of drug-likeness (QED) is 0.831. The Hall–Kier alpha value is -0.0500. The van der Waals surface area contributed by atoms with Gasteiger partial charge in [-0.1, -0.05) is 34.5 Å². The molecule has 1 aliphatic rings. The standard InChI is InChI=1S/C13H17BrClN/c14-12-5-1-3-10(7-12)8-16-9-11-4-2-6-13(11)15/h1,3,5,7,11,13,16H,2,4,6,8-9H2. The summed E-state index contributed by atoms with van der Waals surface area (Å²) < 4.78 is 1.14. The molecule has 2 rings (SSSR count). The molecule has 1 aromatic rings. The van der Waals surface area contributed by atoms with Crippen LogP contribution < -0.4 is 5.32 Å². The molecule has 1 saturated carbocycles. The van der Waals surface area contributed by atoms with E-state index in [0.29, 0.717) is 11.3 Å². The molecule has 0 saturated heterocycles. The molecule has 1 N–H and O–H groups in total. The Morgan fingerprint density at radius 2 is 2.25 bits per heavy atom. The van der Waals surface area contributed by atoms with Crippen molar-refractivity contribution in [3.63, 3.8) is 0 Å². The van der Waals surface area contributed by atoms with Crippen LogP contribution in [-0.2, 0) is 6.54 Å². The van der Waals surface area contributed by atoms with E-state index in [-0.39, 0.29) is 0 Å². The summed E-state index contributed by atoms with van der Waals surface area (Å²) in [6, 6.07) is 8.42. The van der Waals surface area contributed by atoms with Crippen molar-refractivity contribution in [1.29, 1.82) is 0 Å². The smallest absolute Gasteiger partial charge is 0.0376 e. The molecule has 1 nitrogen and oxygen atoms in total. The van der Waals surface area contributed by atoms with E-state index < -0.39 is 0 Å². The fourth-order valence-corrected chi connectivity index (χ4v) is 3.09. The van der Waals surface area contributed by atoms with Gasteiger partial charge in [0.05, 0.1) is 0 Å². The Morgan fingerprint density at radius 3 is 2.94 bits per heavy atom. The van der Waals surface area contributed by atoms with Crippen LogP contribution in [0.15, 0.2) is 28.7 Å². The van der Waals surface area contributed by atoms with Crippen LogP contribution in [0.5, 0.6) is 0 Å². The van der Waals surface area contributed by atoms with E-state index in [1.54, 1.807) is 0 Å². The zero-order valence-corrected chi connectivity index (χ0v) is 11.6. The van der Waals surface area contributed by atoms with Gasteiger partial charge in [-0.25, -0.2) is 0 Å². The molecular formula is C13H17BrClN. The highest BCUT2D eigenvalue weighted by Gasteiger charge is 2.24. The first kappa shape index (κ1) is 12.4. The van der Waals surface area contributed by atoms with Crippen LogP contribution in [0.2, 0.25) is 0 Å². The maximum Gasteiger partial charge on any atom is 0.0376 e. The van der Waals surface area contributed by atoms with Gasteiger partial charge in [-0.3, -0.25) is 0 Å². The minimum atomic E-state index is 0.384. The number of halogens is 2. The third-order valence-electron chi connectivity index (χ3n) is 3.19. The number of nitrogens with one attached hydrogen (secondary N) is 1. The molecule has 1 aromatic carbocycles. The molecule has 1 fully saturated rings. The van der Waals surface area contributed by atoms with Crippen molar-refractivity contribution in [2.45, 2.75) is 31.2 Å². The van der Waals surface area contributed by atoms with Crippen molar-refractivity contribution >= 4 is 27.5 Å². The fourth-order valence-electron chi connectivity index (χ4n) is 2.27. The summed E-state index contributed by atoms with van der Waals surface area (Å²) in [5, 5.41) is 3.88. The van der Waals surface area contributed by atoms with Gasteiger partial charge in [0.2, 0.25) is 0 Å². The molecule has 0 spiro atoms. The SMILES string of the molecule is ClC1CCCC1CNCc1cccc(Br)c1. The zero-order chi connectivity index (χ0) is 11.4. The average Bonchev–Trinajstić information content (AvgIpc) is 2.65. The van der Waals surface area contributed by atoms with E-state index in [1.165, 1.54) is 24.8 Å². The monoisotopic (exact) mass is 301 g/mol. The van der Waals surface area contributed by atoms with E-state index in [1.807, 2.05) is 0 Å². The molecule has 3 heteroatoms. The molecule has 0 radical (unpaired) electrons. The summed E-state index contributed by atoms with van der Waals surface area (Å²) in [6.45, 7) is 1.97. The molecule has 0 aromatic heterocycles. The van der Waals surface area contributed by atoms with E-state index in [9.17, 15) is 0 Å². The van der Waals surface area contributed by atoms with Crippen LogP contribution in [0.3, 0.4) is 0 Å². The lowest BCUT2D eigenvalue weighted by Gasteiger charge is -2.14. The summed E-state index contributed by atoms with van der Waals surface area (Å²) in [5.41, 5.74) is 1.32. The summed E-state index contributed by atoms with van der Waals surface area (Å²) >= 11 is 9.72. The Bertz CT molecular complexity index is 342. The molecule has 0 amide bonds. The average molecular weight is 303 g/mol. The first-order valence-electron chi connectivity index (χ1n) is 5.85. The third-order valence-corrected chi connectivity index (χ3v) is 4.26. The van der Waals surface area contributed by atoms with E-state index in [0.717, 1.165) is 17.6 Å². The molecule has 1 aliphatic carbocycles. The number of benzene rings is 1. The van der Waals surface area contributed by atoms with Gasteiger partial charge in [0.15, 0.2) is 0 Å². The molecule has 0 aliphatic heterocycles. The van der Waals surface area contributed by atoms with Crippen molar-refractivity contribution in [2.75, 3.05) is 6.54 Å². The predicted octanol–water partition coefficient (Wildman–Crippen LogP) is 3.95. The first-order valence-corrected chi connectivity index (χ1v) is 7.08. The molecule has 88 valence electrons. The second kappa shape index (κ2) is 6.04. The largest absolute Gasteiger partial charge is 0.312 e. The predicted molar refractivity (Wildman–Crippen MR) is 72.8 cm³/mol. The van der Waals surface area contributed by atoms with Crippen LogP contribution in [0.4, 0.5) is 0 Å². The molecule has 0 bridgehead atoms. The topological polar surface area (TPSA) is 12.0 Å². The first-order chi connectivity index (χ1) is 7.75. The van der Waals surface area contributed by atoms with Gasteiger partial charge in [0, 0.05) is 16.4 Å². The third kappa shape index (κ3) is 3.47. The minimum Gasteiger partial charge on any atom is -0.312 e. The second-order valence-electron chi connectivity index (χ2n) is 4.47. The zero-order valence-electron chi connectivity index (χ0n) is 9.26. The summed E-state index contributed by atoms with van der Waals surface area (Å²) in [5.74, 6) is 0.661. The van der Waals surface area contributed by atoms with Gasteiger partial charge >= 0.3 is 0 Å². The Morgan fingerprint density at radius 1 is 1.38 bits per heavy atom. The van der Waals surface area contributed by atoms with E-state index in [2.05, 4.69) is 45.5 Å².